The van der Waals surface area contributed by atoms with Gasteiger partial charge in [-0.1, -0.05) is 6.92 Å². The fraction of sp³-hybridized carbons (Fsp3) is 0.909. The van der Waals surface area contributed by atoms with E-state index in [0.717, 1.165) is 18.3 Å². The summed E-state index contributed by atoms with van der Waals surface area (Å²) in [6.07, 6.45) is 6.52. The number of hydrogen-bond donors (Lipinski definition) is 1. The maximum atomic E-state index is 8.01. The van der Waals surface area contributed by atoms with Gasteiger partial charge in [-0.25, -0.2) is 0 Å². The van der Waals surface area contributed by atoms with Crippen LogP contribution < -0.4 is 0 Å². The minimum atomic E-state index is 0.630. The molecule has 0 aromatic carbocycles. The quantitative estimate of drug-likeness (QED) is 0.511. The Morgan fingerprint density at radius 3 is 2.46 bits per heavy atom. The molecule has 2 rings (SSSR count). The molecule has 2 nitrogen and oxygen atoms in total. The van der Waals surface area contributed by atoms with Gasteiger partial charge in [-0.05, 0) is 38.0 Å². The molecule has 0 bridgehead atoms. The molecule has 0 heterocycles. The van der Waals surface area contributed by atoms with Gasteiger partial charge in [0.2, 0.25) is 0 Å². The van der Waals surface area contributed by atoms with Crippen LogP contribution >= 0.6 is 0 Å². The number of rotatable bonds is 5. The molecule has 0 aromatic rings. The first kappa shape index (κ1) is 9.04. The van der Waals surface area contributed by atoms with Gasteiger partial charge in [-0.15, -0.1) is 0 Å². The van der Waals surface area contributed by atoms with E-state index in [2.05, 4.69) is 11.8 Å². The lowest BCUT2D eigenvalue weighted by Crippen LogP contribution is -2.34. The molecule has 0 radical (unpaired) electrons. The van der Waals surface area contributed by atoms with Crippen molar-refractivity contribution in [3.05, 3.63) is 0 Å². The summed E-state index contributed by atoms with van der Waals surface area (Å²) in [5.41, 5.74) is 0. The highest BCUT2D eigenvalue weighted by Gasteiger charge is 2.32. The van der Waals surface area contributed by atoms with Crippen molar-refractivity contribution < 1.29 is 0 Å². The summed E-state index contributed by atoms with van der Waals surface area (Å²) in [4.78, 5) is 2.33. The van der Waals surface area contributed by atoms with Crippen molar-refractivity contribution in [2.24, 2.45) is 11.8 Å². The molecule has 2 fully saturated rings. The van der Waals surface area contributed by atoms with Crippen molar-refractivity contribution in [2.75, 3.05) is 13.1 Å². The van der Waals surface area contributed by atoms with Crippen molar-refractivity contribution in [1.29, 1.82) is 5.41 Å². The smallest absolute Gasteiger partial charge is 0.0989 e. The van der Waals surface area contributed by atoms with Crippen molar-refractivity contribution in [1.82, 2.24) is 4.90 Å². The lowest BCUT2D eigenvalue weighted by atomic mass is 10.2. The lowest BCUT2D eigenvalue weighted by molar-refractivity contribution is 0.386. The van der Waals surface area contributed by atoms with Gasteiger partial charge < -0.3 is 4.90 Å². The fourth-order valence-corrected chi connectivity index (χ4v) is 1.81. The molecule has 0 spiro atoms. The van der Waals surface area contributed by atoms with E-state index in [1.165, 1.54) is 38.6 Å². The zero-order valence-electron chi connectivity index (χ0n) is 8.55. The summed E-state index contributed by atoms with van der Waals surface area (Å²) in [6.45, 7) is 4.48. The SMILES string of the molecule is CCCN(CC1CC1)C(=N)C1CC1. The topological polar surface area (TPSA) is 27.1 Å². The molecule has 13 heavy (non-hydrogen) atoms. The van der Waals surface area contributed by atoms with Gasteiger partial charge in [-0.2, -0.15) is 0 Å². The van der Waals surface area contributed by atoms with Crippen LogP contribution in [0.2, 0.25) is 0 Å². The van der Waals surface area contributed by atoms with E-state index in [1.54, 1.807) is 0 Å². The van der Waals surface area contributed by atoms with E-state index in [9.17, 15) is 0 Å². The highest BCUT2D eigenvalue weighted by Crippen LogP contribution is 2.34. The summed E-state index contributed by atoms with van der Waals surface area (Å²) >= 11 is 0. The predicted molar refractivity (Wildman–Crippen MR) is 55.0 cm³/mol. The minimum Gasteiger partial charge on any atom is -0.360 e. The van der Waals surface area contributed by atoms with Crippen molar-refractivity contribution in [2.45, 2.75) is 39.0 Å². The Bertz CT molecular complexity index is 192. The van der Waals surface area contributed by atoms with Crippen LogP contribution in [0, 0.1) is 17.2 Å². The van der Waals surface area contributed by atoms with Crippen LogP contribution in [0.5, 0.6) is 0 Å². The molecule has 2 aliphatic carbocycles. The summed E-state index contributed by atoms with van der Waals surface area (Å²) in [5, 5.41) is 8.01. The zero-order valence-corrected chi connectivity index (χ0v) is 8.55. The Labute approximate surface area is 80.8 Å². The highest BCUT2D eigenvalue weighted by atomic mass is 15.2. The standard InChI is InChI=1S/C11H20N2/c1-2-7-13(8-9-3-4-9)11(12)10-5-6-10/h9-10,12H,2-8H2,1H3. The first-order valence-electron chi connectivity index (χ1n) is 5.64. The van der Waals surface area contributed by atoms with Gasteiger partial charge in [0, 0.05) is 19.0 Å². The van der Waals surface area contributed by atoms with E-state index in [1.807, 2.05) is 0 Å². The third-order valence-corrected chi connectivity index (χ3v) is 2.97. The lowest BCUT2D eigenvalue weighted by Gasteiger charge is -2.24. The molecule has 74 valence electrons. The monoisotopic (exact) mass is 180 g/mol. The molecule has 0 saturated heterocycles. The first-order chi connectivity index (χ1) is 6.31. The first-order valence-corrected chi connectivity index (χ1v) is 5.64. The Hall–Kier alpha value is -0.530. The van der Waals surface area contributed by atoms with E-state index in [-0.39, 0.29) is 0 Å². The third kappa shape index (κ3) is 2.45. The summed E-state index contributed by atoms with van der Waals surface area (Å²) in [5.74, 6) is 2.49. The molecule has 0 aromatic heterocycles. The number of nitrogens with one attached hydrogen (secondary N) is 1. The zero-order chi connectivity index (χ0) is 9.26. The highest BCUT2D eigenvalue weighted by molar-refractivity contribution is 5.83. The number of nitrogens with zero attached hydrogens (tertiary/aromatic N) is 1. The van der Waals surface area contributed by atoms with Gasteiger partial charge in [0.25, 0.3) is 0 Å². The molecular formula is C11H20N2. The summed E-state index contributed by atoms with van der Waals surface area (Å²) < 4.78 is 0. The van der Waals surface area contributed by atoms with Crippen LogP contribution in [0.1, 0.15) is 39.0 Å². The molecule has 2 aliphatic rings. The van der Waals surface area contributed by atoms with Crippen LogP contribution in [0.4, 0.5) is 0 Å². The molecule has 0 unspecified atom stereocenters. The van der Waals surface area contributed by atoms with Crippen molar-refractivity contribution >= 4 is 5.84 Å². The number of hydrogen-bond acceptors (Lipinski definition) is 1. The van der Waals surface area contributed by atoms with E-state index in [4.69, 9.17) is 5.41 Å². The Morgan fingerprint density at radius 2 is 2.00 bits per heavy atom. The normalized spacial score (nSPS) is 21.6. The largest absolute Gasteiger partial charge is 0.360 e. The average molecular weight is 180 g/mol. The predicted octanol–water partition coefficient (Wildman–Crippen LogP) is 2.50. The Balaban J connectivity index is 1.82. The summed E-state index contributed by atoms with van der Waals surface area (Å²) in [7, 11) is 0. The Morgan fingerprint density at radius 1 is 1.31 bits per heavy atom. The van der Waals surface area contributed by atoms with Crippen LogP contribution in [-0.4, -0.2) is 23.8 Å². The van der Waals surface area contributed by atoms with Gasteiger partial charge in [0.15, 0.2) is 0 Å². The van der Waals surface area contributed by atoms with Gasteiger partial charge >= 0.3 is 0 Å². The molecule has 0 aliphatic heterocycles. The van der Waals surface area contributed by atoms with E-state index >= 15 is 0 Å². The third-order valence-electron chi connectivity index (χ3n) is 2.97. The molecule has 2 heteroatoms. The van der Waals surface area contributed by atoms with Crippen LogP contribution in [-0.2, 0) is 0 Å². The van der Waals surface area contributed by atoms with E-state index in [0.29, 0.717) is 5.92 Å². The second-order valence-electron chi connectivity index (χ2n) is 4.55. The maximum absolute atomic E-state index is 8.01. The van der Waals surface area contributed by atoms with Gasteiger partial charge in [0.1, 0.15) is 0 Å². The van der Waals surface area contributed by atoms with E-state index < -0.39 is 0 Å². The minimum absolute atomic E-state index is 0.630. The number of amidine groups is 1. The Kier molecular flexibility index (Phi) is 2.56. The fourth-order valence-electron chi connectivity index (χ4n) is 1.81. The van der Waals surface area contributed by atoms with Gasteiger partial charge in [0.05, 0.1) is 5.84 Å². The second kappa shape index (κ2) is 3.69. The van der Waals surface area contributed by atoms with Crippen LogP contribution in [0.3, 0.4) is 0 Å². The molecule has 0 amide bonds. The molecule has 2 saturated carbocycles. The van der Waals surface area contributed by atoms with Crippen molar-refractivity contribution in [3.8, 4) is 0 Å². The van der Waals surface area contributed by atoms with Crippen LogP contribution in [0.15, 0.2) is 0 Å². The molecular weight excluding hydrogens is 160 g/mol. The average Bonchev–Trinajstić information content (AvgIpc) is 2.97. The van der Waals surface area contributed by atoms with Gasteiger partial charge in [-0.3, -0.25) is 5.41 Å². The second-order valence-corrected chi connectivity index (χ2v) is 4.55. The molecule has 0 atom stereocenters. The maximum Gasteiger partial charge on any atom is 0.0989 e. The summed E-state index contributed by atoms with van der Waals surface area (Å²) in [6, 6.07) is 0. The molecule has 1 N–H and O–H groups in total. The van der Waals surface area contributed by atoms with Crippen molar-refractivity contribution in [3.63, 3.8) is 0 Å². The van der Waals surface area contributed by atoms with Crippen LogP contribution in [0.25, 0.3) is 0 Å².